The van der Waals surface area contributed by atoms with Gasteiger partial charge in [0.15, 0.2) is 0 Å². The molecule has 0 bridgehead atoms. The summed E-state index contributed by atoms with van der Waals surface area (Å²) in [5.41, 5.74) is 0. The molecule has 2 nitrogen and oxygen atoms in total. The molecule has 0 radical (unpaired) electrons. The number of rotatable bonds is 32. The zero-order chi connectivity index (χ0) is 28.5. The Morgan fingerprint density at radius 2 is 0.564 bits per heavy atom. The van der Waals surface area contributed by atoms with Crippen LogP contribution in [0.15, 0.2) is 24.3 Å². The van der Waals surface area contributed by atoms with Gasteiger partial charge in [-0.3, -0.25) is 0 Å². The smallest absolute Gasteiger partial charge is 0.0654 e. The molecule has 0 aromatic rings. The molecule has 0 heterocycles. The summed E-state index contributed by atoms with van der Waals surface area (Å²) < 4.78 is 0. The van der Waals surface area contributed by atoms with Gasteiger partial charge < -0.3 is 0 Å². The monoisotopic (exact) mass is 569 g/mol. The van der Waals surface area contributed by atoms with Crippen LogP contribution in [0.4, 0.5) is 0 Å². The molecule has 0 aliphatic heterocycles. The van der Waals surface area contributed by atoms with Gasteiger partial charge in [-0.25, -0.2) is 0 Å². The fourth-order valence-electron chi connectivity index (χ4n) is 5.44. The number of hydrogen-bond acceptors (Lipinski definition) is 2. The first-order valence-electron chi connectivity index (χ1n) is 17.9. The van der Waals surface area contributed by atoms with Crippen LogP contribution < -0.4 is 0 Å². The zero-order valence-electron chi connectivity index (χ0n) is 26.9. The molecule has 0 saturated carbocycles. The average molecular weight is 569 g/mol. The van der Waals surface area contributed by atoms with Gasteiger partial charge in [-0.15, -0.1) is 0 Å². The Labute approximate surface area is 247 Å². The second-order valence-corrected chi connectivity index (χ2v) is 15.3. The molecule has 0 saturated heterocycles. The SMILES string of the molecule is CCCCCCCCC=CCCCCCCCC[PH](O)(O)CCCCCCCCC=CCCCCCCCC. The molecule has 2 N–H and O–H groups in total. The van der Waals surface area contributed by atoms with Crippen molar-refractivity contribution in [2.24, 2.45) is 0 Å². The van der Waals surface area contributed by atoms with Gasteiger partial charge in [-0.2, -0.15) is 0 Å². The Balaban J connectivity index is 3.36. The van der Waals surface area contributed by atoms with Crippen molar-refractivity contribution in [2.45, 2.75) is 194 Å². The van der Waals surface area contributed by atoms with Crippen LogP contribution in [0.5, 0.6) is 0 Å². The molecule has 0 amide bonds. The summed E-state index contributed by atoms with van der Waals surface area (Å²) in [6, 6.07) is 0. The summed E-state index contributed by atoms with van der Waals surface area (Å²) in [5, 5.41) is 0. The average Bonchev–Trinajstić information content (AvgIpc) is 2.92. The minimum absolute atomic E-state index is 0.680. The first-order valence-corrected chi connectivity index (χ1v) is 20.2. The van der Waals surface area contributed by atoms with Gasteiger partial charge in [0.25, 0.3) is 0 Å². The van der Waals surface area contributed by atoms with Crippen LogP contribution in [-0.2, 0) is 0 Å². The van der Waals surface area contributed by atoms with Gasteiger partial charge in [-0.1, -0.05) is 78.1 Å². The number of hydrogen-bond donors (Lipinski definition) is 2. The quantitative estimate of drug-likeness (QED) is 0.0481. The first-order chi connectivity index (χ1) is 19.1. The molecule has 0 fully saturated rings. The van der Waals surface area contributed by atoms with E-state index in [1.165, 1.54) is 154 Å². The van der Waals surface area contributed by atoms with E-state index < -0.39 is 7.72 Å². The van der Waals surface area contributed by atoms with Gasteiger partial charge in [0.1, 0.15) is 0 Å². The number of allylic oxidation sites excluding steroid dienone is 4. The Kier molecular flexibility index (Phi) is 32.2. The topological polar surface area (TPSA) is 40.5 Å². The van der Waals surface area contributed by atoms with Crippen molar-refractivity contribution in [2.75, 3.05) is 12.3 Å². The molecule has 0 unspecified atom stereocenters. The maximum atomic E-state index is 10.4. The molecule has 0 aliphatic carbocycles. The molecule has 0 rings (SSSR count). The fourth-order valence-corrected chi connectivity index (χ4v) is 7.32. The summed E-state index contributed by atoms with van der Waals surface area (Å²) in [6.45, 7) is 4.56. The van der Waals surface area contributed by atoms with Crippen molar-refractivity contribution < 1.29 is 9.79 Å². The van der Waals surface area contributed by atoms with E-state index >= 15 is 0 Å². The van der Waals surface area contributed by atoms with Crippen molar-refractivity contribution in [3.8, 4) is 0 Å². The van der Waals surface area contributed by atoms with E-state index in [1.54, 1.807) is 0 Å². The fraction of sp³-hybridized carbons (Fsp3) is 0.889. The Morgan fingerprint density at radius 1 is 0.333 bits per heavy atom. The van der Waals surface area contributed by atoms with E-state index in [-0.39, 0.29) is 0 Å². The first kappa shape index (κ1) is 38.8. The van der Waals surface area contributed by atoms with Crippen LogP contribution in [-0.4, -0.2) is 22.1 Å². The predicted octanol–water partition coefficient (Wildman–Crippen LogP) is 12.6. The molecule has 0 aliphatic rings. The predicted molar refractivity (Wildman–Crippen MR) is 181 cm³/mol. The van der Waals surface area contributed by atoms with Gasteiger partial charge in [0.05, 0.1) is 0 Å². The normalized spacial score (nSPS) is 12.8. The molecular weight excluding hydrogens is 495 g/mol. The molecular formula is C36H73O2P. The van der Waals surface area contributed by atoms with Gasteiger partial charge in [0, 0.05) is 0 Å². The van der Waals surface area contributed by atoms with Gasteiger partial charge >= 0.3 is 170 Å². The van der Waals surface area contributed by atoms with Crippen LogP contribution in [0.3, 0.4) is 0 Å². The zero-order valence-corrected chi connectivity index (χ0v) is 27.9. The van der Waals surface area contributed by atoms with Gasteiger partial charge in [-0.05, 0) is 0 Å². The van der Waals surface area contributed by atoms with E-state index in [1.807, 2.05) is 0 Å². The summed E-state index contributed by atoms with van der Waals surface area (Å²) >= 11 is 0. The van der Waals surface area contributed by atoms with E-state index in [4.69, 9.17) is 0 Å². The van der Waals surface area contributed by atoms with Gasteiger partial charge in [0.2, 0.25) is 0 Å². The van der Waals surface area contributed by atoms with Crippen molar-refractivity contribution in [3.05, 3.63) is 24.3 Å². The molecule has 0 atom stereocenters. The van der Waals surface area contributed by atoms with Crippen molar-refractivity contribution in [1.82, 2.24) is 0 Å². The van der Waals surface area contributed by atoms with Crippen LogP contribution >= 0.6 is 7.72 Å². The van der Waals surface area contributed by atoms with Crippen LogP contribution in [0.2, 0.25) is 0 Å². The third kappa shape index (κ3) is 33.9. The van der Waals surface area contributed by atoms with Crippen molar-refractivity contribution in [3.63, 3.8) is 0 Å². The standard InChI is InChI=1S/C36H73O2P/c1-3-5-7-9-11-13-15-17-19-21-23-25-27-29-31-33-35-39(37,38)36-34-32-30-28-26-24-22-20-18-16-14-12-10-8-6-4-2/h17-20,37-39H,3-16,21-36H2,1-2H3. The van der Waals surface area contributed by atoms with E-state index in [2.05, 4.69) is 38.2 Å². The van der Waals surface area contributed by atoms with Crippen molar-refractivity contribution in [1.29, 1.82) is 0 Å². The number of unbranched alkanes of at least 4 members (excludes halogenated alkanes) is 24. The minimum Gasteiger partial charge on any atom is -0.0654 e. The summed E-state index contributed by atoms with van der Waals surface area (Å²) in [7, 11) is -2.94. The molecule has 3 heteroatoms. The molecule has 0 aromatic carbocycles. The summed E-state index contributed by atoms with van der Waals surface area (Å²) in [6.07, 6.45) is 47.2. The maximum absolute atomic E-state index is 10.4. The summed E-state index contributed by atoms with van der Waals surface area (Å²) in [5.74, 6) is 0. The second kappa shape index (κ2) is 32.3. The van der Waals surface area contributed by atoms with Crippen LogP contribution in [0.1, 0.15) is 194 Å². The second-order valence-electron chi connectivity index (χ2n) is 12.4. The van der Waals surface area contributed by atoms with E-state index in [9.17, 15) is 9.79 Å². The molecule has 234 valence electrons. The van der Waals surface area contributed by atoms with Crippen LogP contribution in [0, 0.1) is 0 Å². The third-order valence-electron chi connectivity index (χ3n) is 8.18. The minimum atomic E-state index is -2.94. The van der Waals surface area contributed by atoms with Crippen LogP contribution in [0.25, 0.3) is 0 Å². The van der Waals surface area contributed by atoms with Crippen molar-refractivity contribution >= 4 is 7.72 Å². The molecule has 0 aromatic heterocycles. The molecule has 39 heavy (non-hydrogen) atoms. The summed E-state index contributed by atoms with van der Waals surface area (Å²) in [4.78, 5) is 20.8. The van der Waals surface area contributed by atoms with E-state index in [0.717, 1.165) is 25.7 Å². The van der Waals surface area contributed by atoms with E-state index in [0.29, 0.717) is 12.3 Å². The Bertz CT molecular complexity index is 470. The third-order valence-corrected chi connectivity index (χ3v) is 10.5. The Hall–Kier alpha value is -0.170. The Morgan fingerprint density at radius 3 is 0.846 bits per heavy atom. The molecule has 0 spiro atoms.